The van der Waals surface area contributed by atoms with Crippen LogP contribution in [0.4, 0.5) is 5.69 Å². The third-order valence-electron chi connectivity index (χ3n) is 4.83. The number of benzene rings is 3. The van der Waals surface area contributed by atoms with Gasteiger partial charge in [0.1, 0.15) is 5.75 Å². The Morgan fingerprint density at radius 1 is 1.00 bits per heavy atom. The number of amides is 1. The number of hydrogen-bond acceptors (Lipinski definition) is 2. The van der Waals surface area contributed by atoms with Crippen molar-refractivity contribution in [3.8, 4) is 5.75 Å². The summed E-state index contributed by atoms with van der Waals surface area (Å²) >= 11 is 0. The normalized spacial score (nSPS) is 12.0. The molecule has 0 heterocycles. The number of hydrogen-bond donors (Lipinski definition) is 1. The van der Waals surface area contributed by atoms with Gasteiger partial charge in [-0.3, -0.25) is 4.79 Å². The predicted molar refractivity (Wildman–Crippen MR) is 103 cm³/mol. The average Bonchev–Trinajstić information content (AvgIpc) is 2.63. The smallest absolute Gasteiger partial charge is 0.231 e. The van der Waals surface area contributed by atoms with Gasteiger partial charge < -0.3 is 10.1 Å². The average molecular weight is 333 g/mol. The van der Waals surface area contributed by atoms with Crippen LogP contribution in [0.5, 0.6) is 5.75 Å². The van der Waals surface area contributed by atoms with Crippen molar-refractivity contribution in [2.45, 2.75) is 26.7 Å². The van der Waals surface area contributed by atoms with Gasteiger partial charge in [-0.25, -0.2) is 0 Å². The van der Waals surface area contributed by atoms with Crippen molar-refractivity contribution in [1.29, 1.82) is 0 Å². The first-order valence-electron chi connectivity index (χ1n) is 8.44. The fourth-order valence-electron chi connectivity index (χ4n) is 2.92. The molecule has 1 amide bonds. The van der Waals surface area contributed by atoms with Gasteiger partial charge in [0, 0.05) is 5.69 Å². The molecule has 3 aromatic rings. The summed E-state index contributed by atoms with van der Waals surface area (Å²) in [4.78, 5) is 12.7. The summed E-state index contributed by atoms with van der Waals surface area (Å²) in [5, 5.41) is 5.26. The molecule has 0 saturated heterocycles. The van der Waals surface area contributed by atoms with Crippen molar-refractivity contribution in [2.24, 2.45) is 0 Å². The molecule has 1 atom stereocenters. The lowest BCUT2D eigenvalue weighted by atomic mass is 9.96. The Balaban J connectivity index is 1.84. The van der Waals surface area contributed by atoms with Crippen LogP contribution in [0.15, 0.2) is 54.6 Å². The maximum Gasteiger partial charge on any atom is 0.231 e. The molecule has 0 radical (unpaired) electrons. The van der Waals surface area contributed by atoms with Crippen LogP contribution < -0.4 is 10.1 Å². The van der Waals surface area contributed by atoms with Crippen molar-refractivity contribution < 1.29 is 9.53 Å². The van der Waals surface area contributed by atoms with Gasteiger partial charge in [-0.15, -0.1) is 0 Å². The van der Waals surface area contributed by atoms with Gasteiger partial charge in [-0.2, -0.15) is 0 Å². The highest BCUT2D eigenvalue weighted by Gasteiger charge is 2.17. The molecule has 0 spiro atoms. The lowest BCUT2D eigenvalue weighted by Crippen LogP contribution is -2.19. The Morgan fingerprint density at radius 2 is 1.72 bits per heavy atom. The molecule has 3 heteroatoms. The fourth-order valence-corrected chi connectivity index (χ4v) is 2.92. The minimum Gasteiger partial charge on any atom is -0.497 e. The molecular weight excluding hydrogens is 310 g/mol. The van der Waals surface area contributed by atoms with Gasteiger partial charge in [0.05, 0.1) is 13.0 Å². The quantitative estimate of drug-likeness (QED) is 0.712. The Morgan fingerprint density at radius 3 is 2.48 bits per heavy atom. The van der Waals surface area contributed by atoms with Crippen molar-refractivity contribution in [3.63, 3.8) is 0 Å². The van der Waals surface area contributed by atoms with E-state index in [9.17, 15) is 4.79 Å². The third kappa shape index (κ3) is 3.50. The maximum atomic E-state index is 12.7. The van der Waals surface area contributed by atoms with Crippen LogP contribution in [-0.4, -0.2) is 13.0 Å². The zero-order chi connectivity index (χ0) is 18.0. The Hall–Kier alpha value is -2.81. The molecule has 0 aliphatic rings. The summed E-state index contributed by atoms with van der Waals surface area (Å²) in [6, 6.07) is 18.0. The molecule has 3 aromatic carbocycles. The number of nitrogens with one attached hydrogen (secondary N) is 1. The summed E-state index contributed by atoms with van der Waals surface area (Å²) in [5.41, 5.74) is 4.15. The Labute approximate surface area is 148 Å². The topological polar surface area (TPSA) is 38.3 Å². The second kappa shape index (κ2) is 6.98. The van der Waals surface area contributed by atoms with Gasteiger partial charge in [-0.05, 0) is 66.4 Å². The summed E-state index contributed by atoms with van der Waals surface area (Å²) in [6.07, 6.45) is 0. The monoisotopic (exact) mass is 333 g/mol. The summed E-state index contributed by atoms with van der Waals surface area (Å²) in [5.74, 6) is 0.605. The fraction of sp³-hybridized carbons (Fsp3) is 0.227. The number of carbonyl (C=O) groups excluding carboxylic acids is 1. The van der Waals surface area contributed by atoms with E-state index in [1.165, 1.54) is 5.56 Å². The molecule has 0 aliphatic carbocycles. The number of aryl methyl sites for hydroxylation is 1. The predicted octanol–water partition coefficient (Wildman–Crippen LogP) is 5.21. The first kappa shape index (κ1) is 17.0. The van der Waals surface area contributed by atoms with Gasteiger partial charge in [-0.1, -0.05) is 36.4 Å². The molecule has 128 valence electrons. The van der Waals surface area contributed by atoms with E-state index >= 15 is 0 Å². The molecule has 3 nitrogen and oxygen atoms in total. The molecule has 0 fully saturated rings. The molecule has 25 heavy (non-hydrogen) atoms. The number of fused-ring (bicyclic) bond motifs is 1. The number of ether oxygens (including phenoxy) is 1. The van der Waals surface area contributed by atoms with E-state index in [0.29, 0.717) is 0 Å². The van der Waals surface area contributed by atoms with Gasteiger partial charge >= 0.3 is 0 Å². The maximum absolute atomic E-state index is 12.7. The highest BCUT2D eigenvalue weighted by molar-refractivity contribution is 5.97. The third-order valence-corrected chi connectivity index (χ3v) is 4.83. The van der Waals surface area contributed by atoms with Crippen molar-refractivity contribution >= 4 is 22.4 Å². The lowest BCUT2D eigenvalue weighted by Gasteiger charge is -2.16. The van der Waals surface area contributed by atoms with Crippen molar-refractivity contribution in [3.05, 3.63) is 71.3 Å². The molecule has 1 N–H and O–H groups in total. The zero-order valence-corrected chi connectivity index (χ0v) is 15.1. The first-order valence-corrected chi connectivity index (χ1v) is 8.44. The van der Waals surface area contributed by atoms with E-state index in [1.54, 1.807) is 7.11 Å². The second-order valence-corrected chi connectivity index (χ2v) is 6.43. The second-order valence-electron chi connectivity index (χ2n) is 6.43. The first-order chi connectivity index (χ1) is 12.0. The lowest BCUT2D eigenvalue weighted by molar-refractivity contribution is -0.117. The van der Waals surface area contributed by atoms with Crippen LogP contribution in [0.3, 0.4) is 0 Å². The van der Waals surface area contributed by atoms with Crippen LogP contribution in [0, 0.1) is 13.8 Å². The molecular formula is C22H23NO2. The zero-order valence-electron chi connectivity index (χ0n) is 15.1. The van der Waals surface area contributed by atoms with Crippen LogP contribution in [-0.2, 0) is 4.79 Å². The van der Waals surface area contributed by atoms with E-state index < -0.39 is 0 Å². The van der Waals surface area contributed by atoms with E-state index in [-0.39, 0.29) is 11.8 Å². The Bertz CT molecular complexity index is 930. The Kier molecular flexibility index (Phi) is 4.75. The number of anilines is 1. The number of carbonyl (C=O) groups is 1. The minimum absolute atomic E-state index is 0.00145. The molecule has 1 unspecified atom stereocenters. The van der Waals surface area contributed by atoms with Gasteiger partial charge in [0.2, 0.25) is 5.91 Å². The summed E-state index contributed by atoms with van der Waals surface area (Å²) < 4.78 is 5.26. The number of rotatable bonds is 4. The highest BCUT2D eigenvalue weighted by Crippen LogP contribution is 2.26. The van der Waals surface area contributed by atoms with Crippen LogP contribution >= 0.6 is 0 Å². The van der Waals surface area contributed by atoms with E-state index in [1.807, 2.05) is 69.3 Å². The van der Waals surface area contributed by atoms with Crippen molar-refractivity contribution in [2.75, 3.05) is 12.4 Å². The molecule has 3 rings (SSSR count). The van der Waals surface area contributed by atoms with Crippen molar-refractivity contribution in [1.82, 2.24) is 0 Å². The van der Waals surface area contributed by atoms with Crippen LogP contribution in [0.2, 0.25) is 0 Å². The van der Waals surface area contributed by atoms with Gasteiger partial charge in [0.25, 0.3) is 0 Å². The largest absolute Gasteiger partial charge is 0.497 e. The van der Waals surface area contributed by atoms with Crippen LogP contribution in [0.1, 0.15) is 29.5 Å². The molecule has 0 aliphatic heterocycles. The number of methoxy groups -OCH3 is 1. The highest BCUT2D eigenvalue weighted by atomic mass is 16.5. The standard InChI is InChI=1S/C22H23NO2/c1-14-6-5-7-21(15(14)2)23-22(24)16(3)17-8-9-19-13-20(25-4)11-10-18(19)12-17/h5-13,16H,1-4H3,(H,23,24). The van der Waals surface area contributed by atoms with E-state index in [0.717, 1.165) is 33.3 Å². The van der Waals surface area contributed by atoms with E-state index in [2.05, 4.69) is 11.4 Å². The minimum atomic E-state index is -0.230. The SMILES string of the molecule is COc1ccc2cc(C(C)C(=O)Nc3cccc(C)c3C)ccc2c1. The summed E-state index contributed by atoms with van der Waals surface area (Å²) in [6.45, 7) is 6.01. The van der Waals surface area contributed by atoms with Crippen LogP contribution in [0.25, 0.3) is 10.8 Å². The molecule has 0 saturated carbocycles. The summed E-state index contributed by atoms with van der Waals surface area (Å²) in [7, 11) is 1.66. The molecule has 0 bridgehead atoms. The van der Waals surface area contributed by atoms with E-state index in [4.69, 9.17) is 4.74 Å². The molecule has 0 aromatic heterocycles. The van der Waals surface area contributed by atoms with Gasteiger partial charge in [0.15, 0.2) is 0 Å².